The maximum absolute atomic E-state index is 11.8. The molecule has 1 saturated heterocycles. The Bertz CT molecular complexity index is 619. The van der Waals surface area contributed by atoms with E-state index in [1.54, 1.807) is 6.20 Å². The molecule has 0 spiro atoms. The monoisotopic (exact) mass is 352 g/mol. The first-order chi connectivity index (χ1) is 11.1. The van der Waals surface area contributed by atoms with Crippen molar-refractivity contribution in [1.82, 2.24) is 10.2 Å². The lowest BCUT2D eigenvalue weighted by molar-refractivity contribution is -0.117. The van der Waals surface area contributed by atoms with Crippen molar-refractivity contribution < 1.29 is 4.79 Å². The molecule has 1 fully saturated rings. The van der Waals surface area contributed by atoms with Gasteiger partial charge in [0.05, 0.1) is 0 Å². The van der Waals surface area contributed by atoms with Gasteiger partial charge >= 0.3 is 0 Å². The number of hydrogen-bond acceptors (Lipinski definition) is 4. The van der Waals surface area contributed by atoms with Crippen LogP contribution in [0.4, 0.5) is 5.69 Å². The van der Waals surface area contributed by atoms with Crippen LogP contribution in [0, 0.1) is 11.3 Å². The first-order valence-electron chi connectivity index (χ1n) is 7.34. The summed E-state index contributed by atoms with van der Waals surface area (Å²) in [5.41, 5.74) is 1.19. The number of carbonyl (C=O) groups is 1. The molecule has 1 aromatic carbocycles. The SMILES string of the molecule is N#C/C(=C/N1CCN(c2cccc(Cl)c2)CC1)C(=O)NCCCl. The molecule has 0 aliphatic carbocycles. The summed E-state index contributed by atoms with van der Waals surface area (Å²) in [4.78, 5) is 16.0. The average molecular weight is 353 g/mol. The molecule has 0 aromatic heterocycles. The van der Waals surface area contributed by atoms with E-state index in [9.17, 15) is 4.79 Å². The van der Waals surface area contributed by atoms with Crippen LogP contribution in [0.5, 0.6) is 0 Å². The highest BCUT2D eigenvalue weighted by Crippen LogP contribution is 2.20. The van der Waals surface area contributed by atoms with E-state index >= 15 is 0 Å². The molecule has 2 rings (SSSR count). The minimum Gasteiger partial charge on any atom is -0.373 e. The second kappa shape index (κ2) is 8.66. The molecule has 5 nitrogen and oxygen atoms in total. The number of rotatable bonds is 5. The van der Waals surface area contributed by atoms with E-state index in [0.29, 0.717) is 17.4 Å². The van der Waals surface area contributed by atoms with Gasteiger partial charge in [0.1, 0.15) is 11.6 Å². The first kappa shape index (κ1) is 17.5. The predicted molar refractivity (Wildman–Crippen MR) is 92.7 cm³/mol. The number of halogens is 2. The van der Waals surface area contributed by atoms with Gasteiger partial charge in [0, 0.05) is 55.5 Å². The summed E-state index contributed by atoms with van der Waals surface area (Å²) in [6.07, 6.45) is 1.62. The standard InChI is InChI=1S/C16H18Cl2N4O/c17-4-5-20-16(23)13(11-19)12-21-6-8-22(9-7-21)15-3-1-2-14(18)10-15/h1-3,10,12H,4-9H2,(H,20,23)/b13-12-. The fourth-order valence-corrected chi connectivity index (χ4v) is 2.64. The van der Waals surface area contributed by atoms with Crippen molar-refractivity contribution in [2.75, 3.05) is 43.5 Å². The van der Waals surface area contributed by atoms with Gasteiger partial charge in [0.2, 0.25) is 0 Å². The lowest BCUT2D eigenvalue weighted by Gasteiger charge is -2.35. The van der Waals surface area contributed by atoms with Crippen molar-refractivity contribution in [1.29, 1.82) is 5.26 Å². The summed E-state index contributed by atoms with van der Waals surface area (Å²) in [7, 11) is 0. The van der Waals surface area contributed by atoms with Gasteiger partial charge in [0.25, 0.3) is 5.91 Å². The molecular weight excluding hydrogens is 335 g/mol. The number of nitrogens with one attached hydrogen (secondary N) is 1. The summed E-state index contributed by atoms with van der Waals surface area (Å²) in [6, 6.07) is 9.68. The number of nitrogens with zero attached hydrogens (tertiary/aromatic N) is 3. The molecule has 1 aromatic rings. The topological polar surface area (TPSA) is 59.4 Å². The lowest BCUT2D eigenvalue weighted by atomic mass is 10.2. The molecule has 0 radical (unpaired) electrons. The molecule has 0 bridgehead atoms. The molecular formula is C16H18Cl2N4O. The van der Waals surface area contributed by atoms with Gasteiger partial charge in [-0.2, -0.15) is 5.26 Å². The Kier molecular flexibility index (Phi) is 6.57. The quantitative estimate of drug-likeness (QED) is 0.501. The number of piperazine rings is 1. The largest absolute Gasteiger partial charge is 0.373 e. The summed E-state index contributed by atoms with van der Waals surface area (Å²) < 4.78 is 0. The smallest absolute Gasteiger partial charge is 0.263 e. The van der Waals surface area contributed by atoms with E-state index in [1.807, 2.05) is 35.2 Å². The Labute approximate surface area is 146 Å². The van der Waals surface area contributed by atoms with E-state index in [-0.39, 0.29) is 11.5 Å². The number of nitriles is 1. The Hall–Kier alpha value is -1.90. The molecule has 1 amide bonds. The second-order valence-electron chi connectivity index (χ2n) is 5.10. The Morgan fingerprint density at radius 1 is 1.35 bits per heavy atom. The van der Waals surface area contributed by atoms with Gasteiger partial charge in [-0.3, -0.25) is 4.79 Å². The third kappa shape index (κ3) is 5.05. The molecule has 7 heteroatoms. The van der Waals surface area contributed by atoms with E-state index in [4.69, 9.17) is 28.5 Å². The van der Waals surface area contributed by atoms with Gasteiger partial charge in [-0.15, -0.1) is 11.6 Å². The molecule has 23 heavy (non-hydrogen) atoms. The van der Waals surface area contributed by atoms with Gasteiger partial charge in [-0.1, -0.05) is 17.7 Å². The van der Waals surface area contributed by atoms with Crippen molar-refractivity contribution in [3.8, 4) is 6.07 Å². The molecule has 1 N–H and O–H groups in total. The van der Waals surface area contributed by atoms with Crippen LogP contribution in [0.25, 0.3) is 0 Å². The third-order valence-electron chi connectivity index (χ3n) is 3.54. The number of alkyl halides is 1. The van der Waals surface area contributed by atoms with Gasteiger partial charge in [-0.25, -0.2) is 0 Å². The highest BCUT2D eigenvalue weighted by atomic mass is 35.5. The minimum absolute atomic E-state index is 0.103. The van der Waals surface area contributed by atoms with Crippen molar-refractivity contribution in [3.05, 3.63) is 41.1 Å². The average Bonchev–Trinajstić information content (AvgIpc) is 2.58. The molecule has 0 atom stereocenters. The third-order valence-corrected chi connectivity index (χ3v) is 3.97. The van der Waals surface area contributed by atoms with Crippen LogP contribution in [0.15, 0.2) is 36.0 Å². The zero-order chi connectivity index (χ0) is 16.7. The van der Waals surface area contributed by atoms with Crippen LogP contribution in [-0.2, 0) is 4.79 Å². The number of carbonyl (C=O) groups excluding carboxylic acids is 1. The zero-order valence-electron chi connectivity index (χ0n) is 12.6. The Morgan fingerprint density at radius 2 is 2.09 bits per heavy atom. The maximum Gasteiger partial charge on any atom is 0.263 e. The number of anilines is 1. The van der Waals surface area contributed by atoms with Gasteiger partial charge in [0.15, 0.2) is 0 Å². The summed E-state index contributed by atoms with van der Waals surface area (Å²) >= 11 is 11.5. The minimum atomic E-state index is -0.384. The highest BCUT2D eigenvalue weighted by Gasteiger charge is 2.17. The Balaban J connectivity index is 1.94. The molecule has 0 unspecified atom stereocenters. The summed E-state index contributed by atoms with van der Waals surface area (Å²) in [5, 5.41) is 12.4. The van der Waals surface area contributed by atoms with Crippen LogP contribution >= 0.6 is 23.2 Å². The molecule has 1 heterocycles. The maximum atomic E-state index is 11.8. The van der Waals surface area contributed by atoms with E-state index < -0.39 is 0 Å². The van der Waals surface area contributed by atoms with Gasteiger partial charge < -0.3 is 15.1 Å². The van der Waals surface area contributed by atoms with Crippen LogP contribution in [0.3, 0.4) is 0 Å². The van der Waals surface area contributed by atoms with E-state index in [1.165, 1.54) is 0 Å². The first-order valence-corrected chi connectivity index (χ1v) is 8.26. The van der Waals surface area contributed by atoms with Crippen molar-refractivity contribution in [3.63, 3.8) is 0 Å². The molecule has 1 aliphatic heterocycles. The molecule has 0 saturated carbocycles. The summed E-state index contributed by atoms with van der Waals surface area (Å²) in [6.45, 7) is 3.43. The van der Waals surface area contributed by atoms with Crippen LogP contribution in [0.1, 0.15) is 0 Å². The summed E-state index contributed by atoms with van der Waals surface area (Å²) in [5.74, 6) is -0.0617. The number of benzene rings is 1. The van der Waals surface area contributed by atoms with Crippen LogP contribution < -0.4 is 10.2 Å². The van der Waals surface area contributed by atoms with E-state index in [0.717, 1.165) is 31.9 Å². The van der Waals surface area contributed by atoms with E-state index in [2.05, 4.69) is 10.2 Å². The van der Waals surface area contributed by atoms with Crippen molar-refractivity contribution in [2.45, 2.75) is 0 Å². The fraction of sp³-hybridized carbons (Fsp3) is 0.375. The van der Waals surface area contributed by atoms with Crippen molar-refractivity contribution >= 4 is 34.8 Å². The van der Waals surface area contributed by atoms with Crippen LogP contribution in [0.2, 0.25) is 5.02 Å². The molecule has 1 aliphatic rings. The second-order valence-corrected chi connectivity index (χ2v) is 5.92. The highest BCUT2D eigenvalue weighted by molar-refractivity contribution is 6.30. The van der Waals surface area contributed by atoms with Crippen molar-refractivity contribution in [2.24, 2.45) is 0 Å². The zero-order valence-corrected chi connectivity index (χ0v) is 14.1. The molecule has 122 valence electrons. The predicted octanol–water partition coefficient (Wildman–Crippen LogP) is 2.22. The number of amides is 1. The number of hydrogen-bond donors (Lipinski definition) is 1. The van der Waals surface area contributed by atoms with Gasteiger partial charge in [-0.05, 0) is 18.2 Å². The normalized spacial score (nSPS) is 15.3. The Morgan fingerprint density at radius 3 is 2.70 bits per heavy atom. The van der Waals surface area contributed by atoms with Crippen LogP contribution in [-0.4, -0.2) is 49.4 Å². The lowest BCUT2D eigenvalue weighted by Crippen LogP contribution is -2.44. The fourth-order valence-electron chi connectivity index (χ4n) is 2.36.